The Labute approximate surface area is 123 Å². The molecule has 0 radical (unpaired) electrons. The summed E-state index contributed by atoms with van der Waals surface area (Å²) in [6, 6.07) is 0.431. The van der Waals surface area contributed by atoms with E-state index < -0.39 is 0 Å². The van der Waals surface area contributed by atoms with Gasteiger partial charge in [0.15, 0.2) is 0 Å². The minimum atomic E-state index is 0. The van der Waals surface area contributed by atoms with Gasteiger partial charge in [-0.15, -0.1) is 12.4 Å². The molecule has 2 rings (SSSR count). The first-order valence-electron chi connectivity index (χ1n) is 7.68. The predicted octanol–water partition coefficient (Wildman–Crippen LogP) is 2.74. The summed E-state index contributed by atoms with van der Waals surface area (Å²) in [4.78, 5) is 12.2. The molecule has 112 valence electrons. The lowest BCUT2D eigenvalue weighted by atomic mass is 9.79. The van der Waals surface area contributed by atoms with Crippen LogP contribution in [0.5, 0.6) is 0 Å². The highest BCUT2D eigenvalue weighted by Gasteiger charge is 2.28. The summed E-state index contributed by atoms with van der Waals surface area (Å²) in [7, 11) is 0. The van der Waals surface area contributed by atoms with Gasteiger partial charge >= 0.3 is 0 Å². The van der Waals surface area contributed by atoms with E-state index in [0.717, 1.165) is 37.8 Å². The second kappa shape index (κ2) is 8.11. The zero-order chi connectivity index (χ0) is 13.0. The van der Waals surface area contributed by atoms with Gasteiger partial charge in [0.1, 0.15) is 0 Å². The Kier molecular flexibility index (Phi) is 7.16. The van der Waals surface area contributed by atoms with Crippen molar-refractivity contribution in [1.29, 1.82) is 0 Å². The molecule has 3 unspecified atom stereocenters. The molecule has 1 saturated carbocycles. The van der Waals surface area contributed by atoms with Crippen LogP contribution < -0.4 is 10.6 Å². The van der Waals surface area contributed by atoms with E-state index in [1.807, 2.05) is 0 Å². The average molecular weight is 289 g/mol. The fourth-order valence-corrected chi connectivity index (χ4v) is 3.36. The Morgan fingerprint density at radius 3 is 2.63 bits per heavy atom. The molecule has 2 aliphatic rings. The predicted molar refractivity (Wildman–Crippen MR) is 81.6 cm³/mol. The van der Waals surface area contributed by atoms with Crippen molar-refractivity contribution >= 4 is 18.3 Å². The Morgan fingerprint density at radius 1 is 1.21 bits per heavy atom. The second-order valence-electron chi connectivity index (χ2n) is 6.42. The molecule has 1 amide bonds. The van der Waals surface area contributed by atoms with Gasteiger partial charge in [0.2, 0.25) is 5.91 Å². The van der Waals surface area contributed by atoms with E-state index in [2.05, 4.69) is 24.5 Å². The monoisotopic (exact) mass is 288 g/mol. The van der Waals surface area contributed by atoms with Gasteiger partial charge in [-0.2, -0.15) is 0 Å². The molecule has 4 heteroatoms. The molecule has 2 fully saturated rings. The van der Waals surface area contributed by atoms with Gasteiger partial charge in [0.05, 0.1) is 5.92 Å². The number of hydrogen-bond acceptors (Lipinski definition) is 2. The van der Waals surface area contributed by atoms with Crippen LogP contribution in [-0.4, -0.2) is 25.0 Å². The van der Waals surface area contributed by atoms with Crippen LogP contribution in [0.15, 0.2) is 0 Å². The van der Waals surface area contributed by atoms with Crippen LogP contribution in [0.1, 0.15) is 52.4 Å². The highest BCUT2D eigenvalue weighted by molar-refractivity contribution is 5.85. The fraction of sp³-hybridized carbons (Fsp3) is 0.933. The number of carbonyl (C=O) groups is 1. The second-order valence-corrected chi connectivity index (χ2v) is 6.42. The smallest absolute Gasteiger partial charge is 0.224 e. The molecule has 1 aliphatic carbocycles. The number of carbonyl (C=O) groups excluding carboxylic acids is 1. The normalized spacial score (nSPS) is 31.6. The molecule has 0 aromatic heterocycles. The topological polar surface area (TPSA) is 41.1 Å². The Balaban J connectivity index is 0.00000180. The van der Waals surface area contributed by atoms with Gasteiger partial charge in [-0.1, -0.05) is 26.7 Å². The number of nitrogens with one attached hydrogen (secondary N) is 2. The zero-order valence-corrected chi connectivity index (χ0v) is 13.1. The van der Waals surface area contributed by atoms with Crippen LogP contribution >= 0.6 is 12.4 Å². The Hall–Kier alpha value is -0.280. The summed E-state index contributed by atoms with van der Waals surface area (Å²) in [6.07, 6.45) is 7.17. The summed E-state index contributed by atoms with van der Waals surface area (Å²) in [6.45, 7) is 6.55. The first-order valence-corrected chi connectivity index (χ1v) is 7.68. The van der Waals surface area contributed by atoms with Crippen molar-refractivity contribution < 1.29 is 4.79 Å². The Morgan fingerprint density at radius 2 is 2.00 bits per heavy atom. The Bertz CT molecular complexity index is 277. The lowest BCUT2D eigenvalue weighted by Crippen LogP contribution is -2.46. The maximum atomic E-state index is 12.2. The molecule has 19 heavy (non-hydrogen) atoms. The molecule has 1 saturated heterocycles. The van der Waals surface area contributed by atoms with Crippen molar-refractivity contribution in [2.45, 2.75) is 58.4 Å². The average Bonchev–Trinajstić information content (AvgIpc) is 2.40. The lowest BCUT2D eigenvalue weighted by molar-refractivity contribution is -0.126. The molecule has 0 bridgehead atoms. The van der Waals surface area contributed by atoms with Crippen molar-refractivity contribution in [3.63, 3.8) is 0 Å². The van der Waals surface area contributed by atoms with E-state index in [1.54, 1.807) is 0 Å². The van der Waals surface area contributed by atoms with E-state index in [4.69, 9.17) is 0 Å². The summed E-state index contributed by atoms with van der Waals surface area (Å²) in [5.41, 5.74) is 0. The summed E-state index contributed by atoms with van der Waals surface area (Å²) in [5.74, 6) is 2.05. The SMILES string of the molecule is CC(C)C1CCCC(NC(=O)C2CCCNC2)C1.Cl. The van der Waals surface area contributed by atoms with Crippen molar-refractivity contribution in [3.05, 3.63) is 0 Å². The molecular formula is C15H29ClN2O. The molecular weight excluding hydrogens is 260 g/mol. The molecule has 1 heterocycles. The third-order valence-electron chi connectivity index (χ3n) is 4.67. The first-order chi connectivity index (χ1) is 8.66. The van der Waals surface area contributed by atoms with Crippen LogP contribution in [0, 0.1) is 17.8 Å². The quantitative estimate of drug-likeness (QED) is 0.838. The first kappa shape index (κ1) is 16.8. The number of hydrogen-bond donors (Lipinski definition) is 2. The lowest BCUT2D eigenvalue weighted by Gasteiger charge is -2.33. The molecule has 1 aliphatic heterocycles. The van der Waals surface area contributed by atoms with Crippen LogP contribution in [0.3, 0.4) is 0 Å². The number of piperidine rings is 1. The van der Waals surface area contributed by atoms with Crippen LogP contribution in [0.2, 0.25) is 0 Å². The number of amides is 1. The third kappa shape index (κ3) is 4.96. The van der Waals surface area contributed by atoms with Gasteiger partial charge in [0, 0.05) is 12.6 Å². The third-order valence-corrected chi connectivity index (χ3v) is 4.67. The van der Waals surface area contributed by atoms with E-state index in [1.165, 1.54) is 25.7 Å². The van der Waals surface area contributed by atoms with Gasteiger partial charge in [-0.05, 0) is 44.1 Å². The zero-order valence-electron chi connectivity index (χ0n) is 12.3. The largest absolute Gasteiger partial charge is 0.353 e. The maximum Gasteiger partial charge on any atom is 0.224 e. The molecule has 3 atom stereocenters. The standard InChI is InChI=1S/C15H28N2O.ClH/c1-11(2)12-5-3-7-14(9-12)17-15(18)13-6-4-8-16-10-13;/h11-14,16H,3-10H2,1-2H3,(H,17,18);1H. The minimum absolute atomic E-state index is 0. The molecule has 0 aromatic rings. The highest BCUT2D eigenvalue weighted by Crippen LogP contribution is 2.30. The molecule has 0 aromatic carbocycles. The molecule has 0 spiro atoms. The fourth-order valence-electron chi connectivity index (χ4n) is 3.36. The van der Waals surface area contributed by atoms with Crippen LogP contribution in [0.25, 0.3) is 0 Å². The highest BCUT2D eigenvalue weighted by atomic mass is 35.5. The van der Waals surface area contributed by atoms with E-state index in [9.17, 15) is 4.79 Å². The summed E-state index contributed by atoms with van der Waals surface area (Å²) >= 11 is 0. The molecule has 3 nitrogen and oxygen atoms in total. The van der Waals surface area contributed by atoms with E-state index >= 15 is 0 Å². The van der Waals surface area contributed by atoms with Gasteiger partial charge in [0.25, 0.3) is 0 Å². The van der Waals surface area contributed by atoms with Crippen molar-refractivity contribution in [1.82, 2.24) is 10.6 Å². The van der Waals surface area contributed by atoms with E-state index in [0.29, 0.717) is 6.04 Å². The maximum absolute atomic E-state index is 12.2. The van der Waals surface area contributed by atoms with Gasteiger partial charge < -0.3 is 10.6 Å². The summed E-state index contributed by atoms with van der Waals surface area (Å²) in [5, 5.41) is 6.61. The number of rotatable bonds is 3. The van der Waals surface area contributed by atoms with Crippen LogP contribution in [0.4, 0.5) is 0 Å². The minimum Gasteiger partial charge on any atom is -0.353 e. The van der Waals surface area contributed by atoms with Crippen molar-refractivity contribution in [2.75, 3.05) is 13.1 Å². The molecule has 2 N–H and O–H groups in total. The van der Waals surface area contributed by atoms with E-state index in [-0.39, 0.29) is 24.2 Å². The van der Waals surface area contributed by atoms with Crippen molar-refractivity contribution in [3.8, 4) is 0 Å². The van der Waals surface area contributed by atoms with Crippen LogP contribution in [-0.2, 0) is 4.79 Å². The van der Waals surface area contributed by atoms with Gasteiger partial charge in [-0.25, -0.2) is 0 Å². The van der Waals surface area contributed by atoms with Gasteiger partial charge in [-0.3, -0.25) is 4.79 Å². The number of halogens is 1. The summed E-state index contributed by atoms with van der Waals surface area (Å²) < 4.78 is 0. The van der Waals surface area contributed by atoms with Crippen molar-refractivity contribution in [2.24, 2.45) is 17.8 Å².